The molecule has 0 radical (unpaired) electrons. The van der Waals surface area contributed by atoms with Crippen LogP contribution in [-0.4, -0.2) is 30.9 Å². The zero-order valence-corrected chi connectivity index (χ0v) is 15.5. The maximum Gasteiger partial charge on any atom is 0.315 e. The summed E-state index contributed by atoms with van der Waals surface area (Å²) >= 11 is 11.8. The Hall–Kier alpha value is -2.38. The van der Waals surface area contributed by atoms with Crippen molar-refractivity contribution in [2.45, 2.75) is 13.0 Å². The van der Waals surface area contributed by atoms with Gasteiger partial charge in [-0.2, -0.15) is 0 Å². The minimum Gasteiger partial charge on any atom is -0.454 e. The molecule has 0 spiro atoms. The van der Waals surface area contributed by atoms with Crippen LogP contribution < -0.4 is 25.4 Å². The maximum absolute atomic E-state index is 12.0. The number of aromatic nitrogens is 1. The molecule has 0 saturated carbocycles. The first-order valence-corrected chi connectivity index (χ1v) is 8.77. The topological polar surface area (TPSA) is 84.5 Å². The van der Waals surface area contributed by atoms with E-state index in [1.807, 2.05) is 25.1 Å². The number of urea groups is 1. The van der Waals surface area contributed by atoms with Crippen LogP contribution in [-0.2, 0) is 0 Å². The number of rotatable bonds is 6. The Bertz CT molecular complexity index is 804. The minimum absolute atomic E-state index is 0.176. The molecule has 26 heavy (non-hydrogen) atoms. The van der Waals surface area contributed by atoms with Crippen molar-refractivity contribution in [3.8, 4) is 11.5 Å². The molecule has 0 unspecified atom stereocenters. The largest absolute Gasteiger partial charge is 0.454 e. The number of nitrogens with one attached hydrogen (secondary N) is 3. The molecule has 0 aliphatic carbocycles. The number of nitrogens with zero attached hydrogens (tertiary/aromatic N) is 1. The molecule has 138 valence electrons. The molecule has 0 fully saturated rings. The molecule has 0 bridgehead atoms. The number of carbonyl (C=O) groups is 1. The van der Waals surface area contributed by atoms with E-state index in [0.717, 1.165) is 5.56 Å². The zero-order valence-electron chi connectivity index (χ0n) is 14.0. The molecule has 9 heteroatoms. The molecule has 2 aromatic rings. The number of pyridine rings is 1. The molecule has 1 aliphatic heterocycles. The van der Waals surface area contributed by atoms with Crippen molar-refractivity contribution in [1.82, 2.24) is 15.6 Å². The van der Waals surface area contributed by atoms with Crippen LogP contribution in [0.3, 0.4) is 0 Å². The van der Waals surface area contributed by atoms with Crippen molar-refractivity contribution < 1.29 is 14.3 Å². The van der Waals surface area contributed by atoms with E-state index in [1.165, 1.54) is 6.20 Å². The van der Waals surface area contributed by atoms with Gasteiger partial charge in [-0.15, -0.1) is 0 Å². The highest BCUT2D eigenvalue weighted by molar-refractivity contribution is 6.35. The standard InChI is InChI=1S/C17H18Cl2N4O3/c1-10(11-2-3-14-15(6-11)26-9-25-14)23-17(24)21-5-4-20-16-13(19)7-12(18)8-22-16/h2-3,6-8,10H,4-5,9H2,1H3,(H,20,22)(H2,21,23,24)/t10-/m0/s1. The fraction of sp³-hybridized carbons (Fsp3) is 0.294. The summed E-state index contributed by atoms with van der Waals surface area (Å²) in [6, 6.07) is 6.75. The summed E-state index contributed by atoms with van der Waals surface area (Å²) in [5, 5.41) is 9.57. The Balaban J connectivity index is 1.42. The van der Waals surface area contributed by atoms with Crippen LogP contribution in [0.25, 0.3) is 0 Å². The molecule has 1 aromatic carbocycles. The van der Waals surface area contributed by atoms with Gasteiger partial charge in [-0.05, 0) is 30.7 Å². The Kier molecular flexibility index (Phi) is 5.90. The van der Waals surface area contributed by atoms with Crippen molar-refractivity contribution in [3.05, 3.63) is 46.1 Å². The fourth-order valence-corrected chi connectivity index (χ4v) is 2.86. The van der Waals surface area contributed by atoms with Crippen LogP contribution in [0.5, 0.6) is 11.5 Å². The Morgan fingerprint density at radius 2 is 2.04 bits per heavy atom. The molecular weight excluding hydrogens is 379 g/mol. The van der Waals surface area contributed by atoms with Gasteiger partial charge in [-0.3, -0.25) is 0 Å². The second kappa shape index (κ2) is 8.33. The van der Waals surface area contributed by atoms with Crippen molar-refractivity contribution in [2.24, 2.45) is 0 Å². The van der Waals surface area contributed by atoms with Gasteiger partial charge in [0.1, 0.15) is 5.82 Å². The first-order chi connectivity index (χ1) is 12.5. The summed E-state index contributed by atoms with van der Waals surface area (Å²) < 4.78 is 10.6. The lowest BCUT2D eigenvalue weighted by atomic mass is 10.1. The molecule has 3 N–H and O–H groups in total. The average molecular weight is 397 g/mol. The van der Waals surface area contributed by atoms with Gasteiger partial charge in [0.25, 0.3) is 0 Å². The highest BCUT2D eigenvalue weighted by Gasteiger charge is 2.16. The van der Waals surface area contributed by atoms with Crippen LogP contribution in [0.1, 0.15) is 18.5 Å². The fourth-order valence-electron chi connectivity index (χ4n) is 2.42. The van der Waals surface area contributed by atoms with Crippen LogP contribution in [0.15, 0.2) is 30.5 Å². The van der Waals surface area contributed by atoms with E-state index in [4.69, 9.17) is 32.7 Å². The number of hydrogen-bond donors (Lipinski definition) is 3. The number of fused-ring (bicyclic) bond motifs is 1. The van der Waals surface area contributed by atoms with E-state index in [9.17, 15) is 4.79 Å². The normalized spacial score (nSPS) is 13.2. The third kappa shape index (κ3) is 4.62. The zero-order chi connectivity index (χ0) is 18.5. The molecular formula is C17H18Cl2N4O3. The van der Waals surface area contributed by atoms with Crippen LogP contribution in [0.2, 0.25) is 10.0 Å². The van der Waals surface area contributed by atoms with Gasteiger partial charge in [0.05, 0.1) is 16.1 Å². The van der Waals surface area contributed by atoms with Crippen LogP contribution in [0.4, 0.5) is 10.6 Å². The number of benzene rings is 1. The SMILES string of the molecule is C[C@H](NC(=O)NCCNc1ncc(Cl)cc1Cl)c1ccc2c(c1)OCO2. The lowest BCUT2D eigenvalue weighted by Gasteiger charge is -2.16. The average Bonchev–Trinajstić information content (AvgIpc) is 3.07. The second-order valence-corrected chi connectivity index (χ2v) is 6.49. The Morgan fingerprint density at radius 3 is 2.85 bits per heavy atom. The summed E-state index contributed by atoms with van der Waals surface area (Å²) in [5.41, 5.74) is 0.930. The monoisotopic (exact) mass is 396 g/mol. The third-order valence-corrected chi connectivity index (χ3v) is 4.25. The van der Waals surface area contributed by atoms with E-state index >= 15 is 0 Å². The van der Waals surface area contributed by atoms with Gasteiger partial charge in [0, 0.05) is 19.3 Å². The predicted octanol–water partition coefficient (Wildman–Crippen LogP) is 3.59. The lowest BCUT2D eigenvalue weighted by Crippen LogP contribution is -2.39. The van der Waals surface area contributed by atoms with Crippen molar-refractivity contribution in [3.63, 3.8) is 0 Å². The molecule has 0 saturated heterocycles. The van der Waals surface area contributed by atoms with Gasteiger partial charge < -0.3 is 25.4 Å². The van der Waals surface area contributed by atoms with Gasteiger partial charge in [0.2, 0.25) is 6.79 Å². The molecule has 2 heterocycles. The van der Waals surface area contributed by atoms with Gasteiger partial charge in [-0.25, -0.2) is 9.78 Å². The highest BCUT2D eigenvalue weighted by atomic mass is 35.5. The molecule has 3 rings (SSSR count). The molecule has 2 amide bonds. The summed E-state index contributed by atoms with van der Waals surface area (Å²) in [7, 11) is 0. The Labute approximate surface area is 161 Å². The Morgan fingerprint density at radius 1 is 1.23 bits per heavy atom. The number of ether oxygens (including phenoxy) is 2. The first kappa shape index (κ1) is 18.4. The van der Waals surface area contributed by atoms with E-state index in [2.05, 4.69) is 20.9 Å². The molecule has 1 atom stereocenters. The third-order valence-electron chi connectivity index (χ3n) is 3.76. The van der Waals surface area contributed by atoms with E-state index in [0.29, 0.717) is 40.5 Å². The van der Waals surface area contributed by atoms with Gasteiger partial charge >= 0.3 is 6.03 Å². The number of anilines is 1. The summed E-state index contributed by atoms with van der Waals surface area (Å²) in [5.74, 6) is 1.92. The molecule has 1 aromatic heterocycles. The van der Waals surface area contributed by atoms with E-state index in [-0.39, 0.29) is 18.9 Å². The van der Waals surface area contributed by atoms with E-state index < -0.39 is 0 Å². The van der Waals surface area contributed by atoms with Crippen LogP contribution in [0, 0.1) is 0 Å². The predicted molar refractivity (Wildman–Crippen MR) is 100 cm³/mol. The van der Waals surface area contributed by atoms with E-state index in [1.54, 1.807) is 6.07 Å². The first-order valence-electron chi connectivity index (χ1n) is 8.02. The number of hydrogen-bond acceptors (Lipinski definition) is 5. The molecule has 1 aliphatic rings. The van der Waals surface area contributed by atoms with Gasteiger partial charge in [-0.1, -0.05) is 29.3 Å². The highest BCUT2D eigenvalue weighted by Crippen LogP contribution is 2.34. The number of amides is 2. The van der Waals surface area contributed by atoms with Crippen LogP contribution >= 0.6 is 23.2 Å². The molecule has 7 nitrogen and oxygen atoms in total. The summed E-state index contributed by atoms with van der Waals surface area (Å²) in [6.45, 7) is 2.99. The van der Waals surface area contributed by atoms with Crippen molar-refractivity contribution in [1.29, 1.82) is 0 Å². The minimum atomic E-state index is -0.271. The van der Waals surface area contributed by atoms with Crippen molar-refractivity contribution >= 4 is 35.1 Å². The lowest BCUT2D eigenvalue weighted by molar-refractivity contribution is 0.174. The van der Waals surface area contributed by atoms with Gasteiger partial charge in [0.15, 0.2) is 11.5 Å². The number of halogens is 2. The smallest absolute Gasteiger partial charge is 0.315 e. The van der Waals surface area contributed by atoms with Crippen molar-refractivity contribution in [2.75, 3.05) is 25.2 Å². The summed E-state index contributed by atoms with van der Waals surface area (Å²) in [4.78, 5) is 16.1. The quantitative estimate of drug-likeness (QED) is 0.649. The maximum atomic E-state index is 12.0. The summed E-state index contributed by atoms with van der Waals surface area (Å²) in [6.07, 6.45) is 1.50. The second-order valence-electron chi connectivity index (χ2n) is 5.65. The number of carbonyl (C=O) groups excluding carboxylic acids is 1.